The van der Waals surface area contributed by atoms with Crippen molar-refractivity contribution in [3.8, 4) is 51.6 Å². The minimum Gasteiger partial charge on any atom is -0.481 e. The van der Waals surface area contributed by atoms with Crippen LogP contribution >= 0.6 is 0 Å². The van der Waals surface area contributed by atoms with Gasteiger partial charge in [0.25, 0.3) is 10.0 Å². The Bertz CT molecular complexity index is 6190. The van der Waals surface area contributed by atoms with E-state index in [1.54, 1.807) is 51.5 Å². The van der Waals surface area contributed by atoms with Gasteiger partial charge in [-0.1, -0.05) is 106 Å². The second-order valence-electron chi connectivity index (χ2n) is 31.9. The molecule has 31 nitrogen and oxygen atoms in total. The van der Waals surface area contributed by atoms with Gasteiger partial charge in [-0.15, -0.1) is 10.2 Å². The van der Waals surface area contributed by atoms with Crippen molar-refractivity contribution in [2.45, 2.75) is 145 Å². The Morgan fingerprint density at radius 3 is 1.23 bits per heavy atom. The van der Waals surface area contributed by atoms with Gasteiger partial charge in [0, 0.05) is 106 Å². The molecule has 11 N–H and O–H groups in total. The van der Waals surface area contributed by atoms with Crippen LogP contribution in [0.5, 0.6) is 0 Å². The van der Waals surface area contributed by atoms with Crippen molar-refractivity contribution in [1.82, 2.24) is 99.4 Å². The summed E-state index contributed by atoms with van der Waals surface area (Å²) >= 11 is 0. The molecule has 0 radical (unpaired) electrons. The molecule has 0 aliphatic carbocycles. The number of H-pyrrole nitrogens is 4. The van der Waals surface area contributed by atoms with Crippen LogP contribution in [0.3, 0.4) is 0 Å². The molecule has 0 aliphatic rings. The van der Waals surface area contributed by atoms with E-state index in [9.17, 15) is 58.2 Å². The number of fused-ring (bicyclic) bond motifs is 4. The molecule has 620 valence electrons. The van der Waals surface area contributed by atoms with E-state index in [1.165, 1.54) is 36.5 Å². The number of aliphatic carboxylic acids is 1. The first-order valence-corrected chi connectivity index (χ1v) is 38.1. The zero-order chi connectivity index (χ0) is 86.4. The van der Waals surface area contributed by atoms with Crippen LogP contribution in [0.15, 0.2) is 128 Å². The molecular weight excluding hydrogens is 1580 g/mol. The van der Waals surface area contributed by atoms with Crippen molar-refractivity contribution in [3.63, 3.8) is 0 Å². The highest BCUT2D eigenvalue weighted by atomic mass is 32.2. The van der Waals surface area contributed by atoms with Crippen LogP contribution in [-0.2, 0) is 26.0 Å². The molecule has 1 aromatic carbocycles. The van der Waals surface area contributed by atoms with Gasteiger partial charge in [0.2, 0.25) is 5.91 Å². The van der Waals surface area contributed by atoms with Gasteiger partial charge in [-0.05, 0) is 65.0 Å². The zero-order valence-electron chi connectivity index (χ0n) is 66.4. The Labute approximate surface area is 674 Å². The maximum absolute atomic E-state index is 14.7. The summed E-state index contributed by atoms with van der Waals surface area (Å²) < 4.78 is 140. The van der Waals surface area contributed by atoms with Crippen LogP contribution < -0.4 is 27.0 Å². The molecule has 119 heavy (non-hydrogen) atoms. The fourth-order valence-corrected chi connectivity index (χ4v) is 13.3. The molecule has 0 saturated heterocycles. The minimum absolute atomic E-state index is 0.00301. The summed E-state index contributed by atoms with van der Waals surface area (Å²) in [5.41, 5.74) is 7.73. The summed E-state index contributed by atoms with van der Waals surface area (Å²) in [4.78, 5) is 80.5. The summed E-state index contributed by atoms with van der Waals surface area (Å²) in [6.07, 6.45) is 14.6. The van der Waals surface area contributed by atoms with Crippen molar-refractivity contribution in [1.29, 1.82) is 5.26 Å². The third kappa shape index (κ3) is 20.8. The number of amides is 1. The van der Waals surface area contributed by atoms with E-state index in [4.69, 9.17) is 11.0 Å². The monoisotopic (exact) mass is 1660 g/mol. The number of tetrazole rings is 1. The number of primary amides is 1. The number of carboxylic acids is 1. The molecule has 13 aromatic heterocycles. The van der Waals surface area contributed by atoms with Crippen LogP contribution in [0.2, 0.25) is 0 Å². The van der Waals surface area contributed by atoms with E-state index in [2.05, 4.69) is 123 Å². The smallest absolute Gasteiger partial charge is 0.305 e. The maximum Gasteiger partial charge on any atom is 0.305 e. The lowest BCUT2D eigenvalue weighted by molar-refractivity contribution is -0.137. The normalized spacial score (nSPS) is 12.9. The van der Waals surface area contributed by atoms with Gasteiger partial charge in [-0.25, -0.2) is 107 Å². The highest BCUT2D eigenvalue weighted by molar-refractivity contribution is 7.90. The second kappa shape index (κ2) is 35.1. The third-order valence-corrected chi connectivity index (χ3v) is 20.5. The van der Waals surface area contributed by atoms with Crippen LogP contribution in [-0.4, -0.2) is 149 Å². The number of hydrogen-bond acceptors (Lipinski definition) is 24. The SMILES string of the molecule is CC(C)(C)C(CC#N)Nc1nc(-c2c[nH]c3ncc(F)cc23)ncc1F.CC(C)(C)C(CC(N)=O)Nc1nc(-c2c[nH]c3ncc(F)cc23)ncc1F.CC(C)(C)C(Cc1nn[nH]n1)Nc1nc(-c2c[nH]c3ncc(F)cc23)ncc1F.Cc1ccc(S(=O)(=O)n2cc(-c3ncc(F)c(NC(CC(=O)O)C(C)(C)C)n3)c3cc(F)cnc32)cc1. The van der Waals surface area contributed by atoms with Gasteiger partial charge in [0.15, 0.2) is 81.3 Å². The van der Waals surface area contributed by atoms with Crippen molar-refractivity contribution in [3.05, 3.63) is 181 Å². The number of carbonyl (C=O) groups excluding carboxylic acids is 1. The van der Waals surface area contributed by atoms with Crippen molar-refractivity contribution in [2.24, 2.45) is 27.4 Å². The number of carbonyl (C=O) groups is 2. The average molecular weight is 1660 g/mol. The topological polar surface area (TPSA) is 448 Å². The summed E-state index contributed by atoms with van der Waals surface area (Å²) in [7, 11) is -4.13. The van der Waals surface area contributed by atoms with Gasteiger partial charge in [0.05, 0.1) is 73.4 Å². The Balaban J connectivity index is 0.000000157. The van der Waals surface area contributed by atoms with Crippen LogP contribution in [0.1, 0.15) is 114 Å². The van der Waals surface area contributed by atoms with Crippen molar-refractivity contribution in [2.75, 3.05) is 21.3 Å². The Morgan fingerprint density at radius 2 is 0.866 bits per heavy atom. The molecule has 40 heteroatoms. The summed E-state index contributed by atoms with van der Waals surface area (Å²) in [6.45, 7) is 24.8. The summed E-state index contributed by atoms with van der Waals surface area (Å²) in [5, 5.41) is 45.8. The molecule has 14 rings (SSSR count). The number of halogens is 8. The zero-order valence-corrected chi connectivity index (χ0v) is 67.2. The molecule has 0 aliphatic heterocycles. The number of hydrogen-bond donors (Lipinski definition) is 10. The number of pyridine rings is 4. The largest absolute Gasteiger partial charge is 0.481 e. The number of anilines is 4. The van der Waals surface area contributed by atoms with Gasteiger partial charge < -0.3 is 47.1 Å². The predicted molar refractivity (Wildman–Crippen MR) is 427 cm³/mol. The van der Waals surface area contributed by atoms with Gasteiger partial charge in [0.1, 0.15) is 40.2 Å². The molecule has 0 fully saturated rings. The summed E-state index contributed by atoms with van der Waals surface area (Å²) in [5.74, 6) is -5.66. The van der Waals surface area contributed by atoms with E-state index >= 15 is 0 Å². The molecule has 0 spiro atoms. The fraction of sp³-hybridized carbons (Fsp3) is 0.316. The molecule has 4 unspecified atom stereocenters. The first-order chi connectivity index (χ1) is 56.0. The third-order valence-electron chi connectivity index (χ3n) is 18.9. The molecule has 14 aromatic rings. The summed E-state index contributed by atoms with van der Waals surface area (Å²) in [6, 6.07) is 11.7. The number of nitriles is 1. The number of aryl methyl sites for hydroxylation is 1. The highest BCUT2D eigenvalue weighted by Crippen LogP contribution is 2.37. The quantitative estimate of drug-likeness (QED) is 0.0299. The Morgan fingerprint density at radius 1 is 0.504 bits per heavy atom. The number of nitrogens with two attached hydrogens (primary N) is 1. The lowest BCUT2D eigenvalue weighted by Gasteiger charge is -2.31. The maximum atomic E-state index is 14.7. The van der Waals surface area contributed by atoms with E-state index in [0.29, 0.717) is 62.0 Å². The molecule has 1 amide bonds. The van der Waals surface area contributed by atoms with E-state index in [1.807, 2.05) is 69.2 Å². The predicted octanol–water partition coefficient (Wildman–Crippen LogP) is 14.5. The number of nitrogens with one attached hydrogen (secondary N) is 8. The highest BCUT2D eigenvalue weighted by Gasteiger charge is 2.34. The van der Waals surface area contributed by atoms with E-state index in [-0.39, 0.29) is 116 Å². The minimum atomic E-state index is -4.13. The van der Waals surface area contributed by atoms with Crippen LogP contribution in [0.25, 0.3) is 89.7 Å². The van der Waals surface area contributed by atoms with Crippen molar-refractivity contribution >= 4 is 89.3 Å². The van der Waals surface area contributed by atoms with Crippen LogP contribution in [0, 0.1) is 86.5 Å². The number of benzene rings is 1. The molecule has 0 bridgehead atoms. The standard InChI is InChI=1S/C25H25F2N5O4S.C18H19F2N9.C18H20F2N6O.C18H18F2N6/c1-14-5-7-16(8-6-14)37(35,36)32-13-18(17-9-15(26)11-29-24(17)32)22-28-12-19(27)23(31-22)30-20(10-21(33)34)25(2,3)4;1-18(2,3)13(5-14-26-28-29-27-14)24-17-12(20)8-23-16(25-17)11-7-22-15-10(11)4-9(19)6-21-15;1-18(2,3)13(5-14(21)27)25-17-12(20)8-24-16(26-17)11-7-23-15-10(11)4-9(19)6-22-15;1-18(2,3)14(4-5-21)25-17-13(20)9-24-16(26-17)12-8-23-15-11(12)6-10(19)7-22-15/h5-9,11-13,20H,10H2,1-4H3,(H,33,34)(H,28,30,31);4,6-8,13H,5H2,1-3H3,(H,21,22)(H,23,24,25)(H,26,27,28,29);4,6-8,13H,5H2,1-3H3,(H2,21,27)(H,22,23)(H,24,25,26);6-9,14H,4H2,1-3H3,(H,22,23)(H,24,25,26). The Hall–Kier alpha value is -13.6. The molecular formula is C79H82F8N26O5S. The van der Waals surface area contributed by atoms with Crippen LogP contribution in [0.4, 0.5) is 58.4 Å². The Kier molecular flexibility index (Phi) is 25.4. The number of rotatable bonds is 21. The lowest BCUT2D eigenvalue weighted by atomic mass is 9.84. The molecule has 4 atom stereocenters. The first-order valence-electron chi connectivity index (χ1n) is 36.7. The number of aromatic nitrogens is 20. The van der Waals surface area contributed by atoms with E-state index < -0.39 is 85.9 Å². The number of nitrogens with zero attached hydrogens (tertiary/aromatic N) is 17. The van der Waals surface area contributed by atoms with Crippen molar-refractivity contribution < 1.29 is 58.2 Å². The molecule has 13 heterocycles. The average Bonchev–Trinajstić information content (AvgIpc) is 1.60. The van der Waals surface area contributed by atoms with Gasteiger partial charge in [-0.3, -0.25) is 9.59 Å². The number of carboxylic acid groups (broad SMARTS) is 1. The number of aromatic amines is 4. The van der Waals surface area contributed by atoms with Gasteiger partial charge >= 0.3 is 5.97 Å². The molecule has 0 saturated carbocycles. The second-order valence-corrected chi connectivity index (χ2v) is 33.7. The fourth-order valence-electron chi connectivity index (χ4n) is 12.0. The van der Waals surface area contributed by atoms with E-state index in [0.717, 1.165) is 65.2 Å². The lowest BCUT2D eigenvalue weighted by Crippen LogP contribution is -2.38. The first kappa shape index (κ1) is 86.3. The van der Waals surface area contributed by atoms with Gasteiger partial charge in [-0.2, -0.15) is 10.5 Å².